The Morgan fingerprint density at radius 1 is 1.43 bits per heavy atom. The van der Waals surface area contributed by atoms with Crippen LogP contribution in [0.4, 0.5) is 0 Å². The van der Waals surface area contributed by atoms with Gasteiger partial charge >= 0.3 is 0 Å². The maximum Gasteiger partial charge on any atom is 0.252 e. The number of hydrogen-bond acceptors (Lipinski definition) is 4. The van der Waals surface area contributed by atoms with Gasteiger partial charge in [-0.25, -0.2) is 9.67 Å². The number of carbonyl (C=O) groups is 1. The largest absolute Gasteiger partial charge is 0.373 e. The van der Waals surface area contributed by atoms with Crippen LogP contribution in [0, 0.1) is 13.8 Å². The van der Waals surface area contributed by atoms with Gasteiger partial charge < -0.3 is 10.1 Å². The fraction of sp³-hybridized carbons (Fsp3) is 0.471. The number of nitrogens with zero attached hydrogens (tertiary/aromatic N) is 3. The number of aromatic nitrogens is 3. The van der Waals surface area contributed by atoms with Crippen molar-refractivity contribution in [2.24, 2.45) is 0 Å². The first-order valence-corrected chi connectivity index (χ1v) is 7.89. The van der Waals surface area contributed by atoms with Gasteiger partial charge in [-0.15, -0.1) is 0 Å². The molecule has 0 bridgehead atoms. The molecule has 0 unspecified atom stereocenters. The molecule has 0 spiro atoms. The zero-order chi connectivity index (χ0) is 16.4. The Morgan fingerprint density at radius 3 is 2.83 bits per heavy atom. The van der Waals surface area contributed by atoms with E-state index >= 15 is 0 Å². The average molecular weight is 314 g/mol. The summed E-state index contributed by atoms with van der Waals surface area (Å²) in [5, 5.41) is 7.32. The number of nitrogens with one attached hydrogen (secondary N) is 1. The van der Waals surface area contributed by atoms with Crippen LogP contribution in [0.3, 0.4) is 0 Å². The Hall–Kier alpha value is -2.21. The maximum absolute atomic E-state index is 12.2. The number of pyridine rings is 1. The molecule has 2 aromatic rings. The summed E-state index contributed by atoms with van der Waals surface area (Å²) in [6.45, 7) is 7.24. The molecule has 0 saturated carbocycles. The van der Waals surface area contributed by atoms with Gasteiger partial charge in [-0.1, -0.05) is 0 Å². The second-order valence-corrected chi connectivity index (χ2v) is 6.33. The molecular weight excluding hydrogens is 292 g/mol. The predicted octanol–water partition coefficient (Wildman–Crippen LogP) is 2.18. The van der Waals surface area contributed by atoms with E-state index in [4.69, 9.17) is 4.74 Å². The summed E-state index contributed by atoms with van der Waals surface area (Å²) in [7, 11) is 0. The number of amides is 1. The van der Waals surface area contributed by atoms with Gasteiger partial charge in [-0.3, -0.25) is 4.79 Å². The predicted molar refractivity (Wildman–Crippen MR) is 86.8 cm³/mol. The lowest BCUT2D eigenvalue weighted by atomic mass is 10.0. The monoisotopic (exact) mass is 314 g/mol. The molecule has 23 heavy (non-hydrogen) atoms. The first kappa shape index (κ1) is 15.7. The van der Waals surface area contributed by atoms with E-state index in [2.05, 4.69) is 15.4 Å². The summed E-state index contributed by atoms with van der Waals surface area (Å²) in [4.78, 5) is 16.6. The molecule has 3 rings (SSSR count). The van der Waals surface area contributed by atoms with Crippen molar-refractivity contribution in [2.75, 3.05) is 13.2 Å². The molecule has 1 N–H and O–H groups in total. The summed E-state index contributed by atoms with van der Waals surface area (Å²) in [5.41, 5.74) is 2.25. The quantitative estimate of drug-likeness (QED) is 0.939. The van der Waals surface area contributed by atoms with E-state index in [-0.39, 0.29) is 11.5 Å². The van der Waals surface area contributed by atoms with E-state index in [1.54, 1.807) is 16.9 Å². The Bertz CT molecular complexity index is 700. The van der Waals surface area contributed by atoms with Crippen molar-refractivity contribution in [1.29, 1.82) is 0 Å². The molecule has 1 saturated heterocycles. The Morgan fingerprint density at radius 2 is 2.26 bits per heavy atom. The number of ether oxygens (including phenoxy) is 1. The fourth-order valence-electron chi connectivity index (χ4n) is 2.85. The maximum atomic E-state index is 12.2. The average Bonchev–Trinajstić information content (AvgIpc) is 3.11. The van der Waals surface area contributed by atoms with Crippen molar-refractivity contribution < 1.29 is 9.53 Å². The summed E-state index contributed by atoms with van der Waals surface area (Å²) < 4.78 is 7.45. The molecule has 6 nitrogen and oxygen atoms in total. The summed E-state index contributed by atoms with van der Waals surface area (Å²) >= 11 is 0. The van der Waals surface area contributed by atoms with Gasteiger partial charge in [0, 0.05) is 25.0 Å². The normalized spacial score (nSPS) is 20.7. The standard InChI is InChI=1S/C17H22N4O2/c1-12-9-13(2)21(20-12)15-6-5-14(10-18-15)16(22)19-11-17(3)7-4-8-23-17/h5-6,9-10H,4,7-8,11H2,1-3H3,(H,19,22)/t17-/m1/s1. The molecule has 0 aromatic carbocycles. The van der Waals surface area contributed by atoms with Crippen LogP contribution in [0.5, 0.6) is 0 Å². The molecule has 6 heteroatoms. The van der Waals surface area contributed by atoms with E-state index in [0.29, 0.717) is 17.9 Å². The van der Waals surface area contributed by atoms with Crippen LogP contribution in [-0.2, 0) is 4.74 Å². The summed E-state index contributed by atoms with van der Waals surface area (Å²) in [6, 6.07) is 5.57. The zero-order valence-corrected chi connectivity index (χ0v) is 13.8. The van der Waals surface area contributed by atoms with E-state index < -0.39 is 0 Å². The molecule has 0 radical (unpaired) electrons. The molecule has 1 aliphatic heterocycles. The van der Waals surface area contributed by atoms with Crippen LogP contribution in [0.25, 0.3) is 5.82 Å². The highest BCUT2D eigenvalue weighted by molar-refractivity contribution is 5.93. The molecule has 1 aliphatic rings. The lowest BCUT2D eigenvalue weighted by Gasteiger charge is -2.23. The van der Waals surface area contributed by atoms with E-state index in [0.717, 1.165) is 30.8 Å². The summed E-state index contributed by atoms with van der Waals surface area (Å²) in [6.07, 6.45) is 3.60. The smallest absolute Gasteiger partial charge is 0.252 e. The second kappa shape index (κ2) is 6.12. The third kappa shape index (κ3) is 3.42. The minimum atomic E-state index is -0.243. The van der Waals surface area contributed by atoms with Crippen molar-refractivity contribution in [3.63, 3.8) is 0 Å². The van der Waals surface area contributed by atoms with Crippen molar-refractivity contribution in [3.8, 4) is 5.82 Å². The minimum absolute atomic E-state index is 0.130. The fourth-order valence-corrected chi connectivity index (χ4v) is 2.85. The number of hydrogen-bond donors (Lipinski definition) is 1. The topological polar surface area (TPSA) is 69.0 Å². The van der Waals surface area contributed by atoms with E-state index in [1.807, 2.05) is 32.9 Å². The van der Waals surface area contributed by atoms with Crippen LogP contribution < -0.4 is 5.32 Å². The minimum Gasteiger partial charge on any atom is -0.373 e. The van der Waals surface area contributed by atoms with Gasteiger partial charge in [0.15, 0.2) is 5.82 Å². The van der Waals surface area contributed by atoms with Gasteiger partial charge in [0.2, 0.25) is 0 Å². The number of rotatable bonds is 4. The third-order valence-electron chi connectivity index (χ3n) is 4.16. The van der Waals surface area contributed by atoms with Crippen LogP contribution in [0.2, 0.25) is 0 Å². The Labute approximate surface area is 135 Å². The van der Waals surface area contributed by atoms with Gasteiger partial charge in [-0.2, -0.15) is 5.10 Å². The lowest BCUT2D eigenvalue weighted by molar-refractivity contribution is 0.0206. The van der Waals surface area contributed by atoms with Crippen LogP contribution in [0.15, 0.2) is 24.4 Å². The summed E-state index contributed by atoms with van der Waals surface area (Å²) in [5.74, 6) is 0.576. The molecule has 0 aliphatic carbocycles. The van der Waals surface area contributed by atoms with Gasteiger partial charge in [0.25, 0.3) is 5.91 Å². The first-order valence-electron chi connectivity index (χ1n) is 7.89. The second-order valence-electron chi connectivity index (χ2n) is 6.33. The highest BCUT2D eigenvalue weighted by atomic mass is 16.5. The van der Waals surface area contributed by atoms with Gasteiger partial charge in [0.1, 0.15) is 0 Å². The third-order valence-corrected chi connectivity index (χ3v) is 4.16. The SMILES string of the molecule is Cc1cc(C)n(-c2ccc(C(=O)NC[C@@]3(C)CCCO3)cn2)n1. The molecule has 2 aromatic heterocycles. The van der Waals surface area contributed by atoms with Gasteiger partial charge in [-0.05, 0) is 51.8 Å². The highest BCUT2D eigenvalue weighted by Crippen LogP contribution is 2.24. The van der Waals surface area contributed by atoms with Crippen LogP contribution in [-0.4, -0.2) is 39.4 Å². The number of aryl methyl sites for hydroxylation is 2. The molecule has 1 atom stereocenters. The van der Waals surface area contributed by atoms with Crippen molar-refractivity contribution in [2.45, 2.75) is 39.2 Å². The van der Waals surface area contributed by atoms with Crippen LogP contribution >= 0.6 is 0 Å². The molecule has 3 heterocycles. The lowest BCUT2D eigenvalue weighted by Crippen LogP contribution is -2.40. The molecule has 1 amide bonds. The van der Waals surface area contributed by atoms with Crippen molar-refractivity contribution >= 4 is 5.91 Å². The van der Waals surface area contributed by atoms with Gasteiger partial charge in [0.05, 0.1) is 16.9 Å². The number of carbonyl (C=O) groups excluding carboxylic acids is 1. The Balaban J connectivity index is 1.67. The first-order chi connectivity index (χ1) is 11.0. The van der Waals surface area contributed by atoms with E-state index in [1.165, 1.54) is 0 Å². The van der Waals surface area contributed by atoms with E-state index in [9.17, 15) is 4.79 Å². The zero-order valence-electron chi connectivity index (χ0n) is 13.8. The molecular formula is C17H22N4O2. The molecule has 122 valence electrons. The molecule has 1 fully saturated rings. The highest BCUT2D eigenvalue weighted by Gasteiger charge is 2.30. The van der Waals surface area contributed by atoms with Crippen molar-refractivity contribution in [3.05, 3.63) is 41.3 Å². The Kier molecular flexibility index (Phi) is 4.17. The van der Waals surface area contributed by atoms with Crippen LogP contribution in [0.1, 0.15) is 41.5 Å². The van der Waals surface area contributed by atoms with Crippen molar-refractivity contribution in [1.82, 2.24) is 20.1 Å².